The van der Waals surface area contributed by atoms with Crippen LogP contribution in [-0.4, -0.2) is 26.1 Å². The first-order chi connectivity index (χ1) is 9.70. The SMILES string of the molecule is COc1ccc(C(=O)COCCc2cccs2)cc1Cl. The molecule has 0 saturated carbocycles. The first kappa shape index (κ1) is 15.0. The number of thiophene rings is 1. The fourth-order valence-corrected chi connectivity index (χ4v) is 2.66. The van der Waals surface area contributed by atoms with Crippen molar-refractivity contribution in [2.45, 2.75) is 6.42 Å². The lowest BCUT2D eigenvalue weighted by Gasteiger charge is -2.06. The quantitative estimate of drug-likeness (QED) is 0.575. The molecule has 0 bridgehead atoms. The van der Waals surface area contributed by atoms with Crippen LogP contribution >= 0.6 is 22.9 Å². The van der Waals surface area contributed by atoms with Gasteiger partial charge in [0.25, 0.3) is 0 Å². The number of hydrogen-bond acceptors (Lipinski definition) is 4. The molecule has 0 spiro atoms. The smallest absolute Gasteiger partial charge is 0.188 e. The van der Waals surface area contributed by atoms with Crippen LogP contribution in [-0.2, 0) is 11.2 Å². The zero-order valence-electron chi connectivity index (χ0n) is 11.1. The minimum atomic E-state index is -0.0827. The van der Waals surface area contributed by atoms with Crippen LogP contribution in [0.5, 0.6) is 5.75 Å². The molecule has 1 aromatic carbocycles. The minimum absolute atomic E-state index is 0.0635. The van der Waals surface area contributed by atoms with Crippen LogP contribution in [0.2, 0.25) is 5.02 Å². The molecule has 106 valence electrons. The molecule has 5 heteroatoms. The molecule has 1 aromatic heterocycles. The average Bonchev–Trinajstić information content (AvgIpc) is 2.96. The average molecular weight is 311 g/mol. The second-order valence-corrected chi connectivity index (χ2v) is 5.59. The third-order valence-electron chi connectivity index (χ3n) is 2.78. The molecule has 0 fully saturated rings. The molecule has 0 radical (unpaired) electrons. The van der Waals surface area contributed by atoms with Gasteiger partial charge in [-0.2, -0.15) is 0 Å². The normalized spacial score (nSPS) is 10.5. The minimum Gasteiger partial charge on any atom is -0.495 e. The maximum absolute atomic E-state index is 11.9. The summed E-state index contributed by atoms with van der Waals surface area (Å²) in [6.07, 6.45) is 0.828. The summed E-state index contributed by atoms with van der Waals surface area (Å²) in [5.74, 6) is 0.475. The maximum Gasteiger partial charge on any atom is 0.188 e. The van der Waals surface area contributed by atoms with E-state index in [1.165, 1.54) is 12.0 Å². The van der Waals surface area contributed by atoms with E-state index in [4.69, 9.17) is 21.1 Å². The van der Waals surface area contributed by atoms with Gasteiger partial charge in [-0.25, -0.2) is 0 Å². The second-order valence-electron chi connectivity index (χ2n) is 4.15. The highest BCUT2D eigenvalue weighted by Crippen LogP contribution is 2.25. The van der Waals surface area contributed by atoms with Crippen LogP contribution in [0.25, 0.3) is 0 Å². The third kappa shape index (κ3) is 4.07. The molecule has 20 heavy (non-hydrogen) atoms. The Morgan fingerprint density at radius 3 is 2.85 bits per heavy atom. The molecule has 0 unspecified atom stereocenters. The van der Waals surface area contributed by atoms with Crippen molar-refractivity contribution in [3.8, 4) is 5.75 Å². The second kappa shape index (κ2) is 7.43. The van der Waals surface area contributed by atoms with Crippen molar-refractivity contribution in [2.24, 2.45) is 0 Å². The fraction of sp³-hybridized carbons (Fsp3) is 0.267. The van der Waals surface area contributed by atoms with Gasteiger partial charge in [0.05, 0.1) is 18.7 Å². The highest BCUT2D eigenvalue weighted by molar-refractivity contribution is 7.09. The highest BCUT2D eigenvalue weighted by Gasteiger charge is 2.09. The first-order valence-corrected chi connectivity index (χ1v) is 7.43. The third-order valence-corrected chi connectivity index (χ3v) is 4.01. The van der Waals surface area contributed by atoms with E-state index >= 15 is 0 Å². The molecule has 0 aliphatic heterocycles. The summed E-state index contributed by atoms with van der Waals surface area (Å²) >= 11 is 7.67. The Kier molecular flexibility index (Phi) is 5.59. The number of ketones is 1. The lowest BCUT2D eigenvalue weighted by atomic mass is 10.1. The van der Waals surface area contributed by atoms with Crippen LogP contribution in [0.1, 0.15) is 15.2 Å². The van der Waals surface area contributed by atoms with Crippen LogP contribution in [0.15, 0.2) is 35.7 Å². The van der Waals surface area contributed by atoms with Gasteiger partial charge in [-0.1, -0.05) is 17.7 Å². The Morgan fingerprint density at radius 2 is 2.20 bits per heavy atom. The van der Waals surface area contributed by atoms with Gasteiger partial charge in [0.15, 0.2) is 5.78 Å². The molecule has 0 aliphatic rings. The lowest BCUT2D eigenvalue weighted by molar-refractivity contribution is 0.0766. The number of carbonyl (C=O) groups is 1. The Morgan fingerprint density at radius 1 is 1.35 bits per heavy atom. The van der Waals surface area contributed by atoms with Gasteiger partial charge in [-0.3, -0.25) is 4.79 Å². The topological polar surface area (TPSA) is 35.5 Å². The number of halogens is 1. The summed E-state index contributed by atoms with van der Waals surface area (Å²) < 4.78 is 10.4. The number of benzene rings is 1. The molecule has 0 aliphatic carbocycles. The number of methoxy groups -OCH3 is 1. The summed E-state index contributed by atoms with van der Waals surface area (Å²) in [5, 5.41) is 2.46. The summed E-state index contributed by atoms with van der Waals surface area (Å²) in [6, 6.07) is 9.03. The van der Waals surface area contributed by atoms with Gasteiger partial charge in [0.1, 0.15) is 12.4 Å². The van der Waals surface area contributed by atoms with Crippen LogP contribution in [0.4, 0.5) is 0 Å². The molecule has 0 atom stereocenters. The molecule has 3 nitrogen and oxygen atoms in total. The van der Waals surface area contributed by atoms with E-state index in [0.717, 1.165) is 6.42 Å². The standard InChI is InChI=1S/C15H15ClO3S/c1-18-15-5-4-11(9-13(15)16)14(17)10-19-7-6-12-3-2-8-20-12/h2-5,8-9H,6-7,10H2,1H3. The van der Waals surface area contributed by atoms with Crippen molar-refractivity contribution in [1.82, 2.24) is 0 Å². The van der Waals surface area contributed by atoms with Crippen molar-refractivity contribution < 1.29 is 14.3 Å². The molecule has 0 amide bonds. The van der Waals surface area contributed by atoms with Crippen molar-refractivity contribution in [3.63, 3.8) is 0 Å². The predicted octanol–water partition coefficient (Wildman–Crippen LogP) is 3.85. The van der Waals surface area contributed by atoms with Gasteiger partial charge in [0.2, 0.25) is 0 Å². The first-order valence-electron chi connectivity index (χ1n) is 6.17. The molecular weight excluding hydrogens is 296 g/mol. The number of rotatable bonds is 7. The van der Waals surface area contributed by atoms with E-state index < -0.39 is 0 Å². The van der Waals surface area contributed by atoms with Gasteiger partial charge < -0.3 is 9.47 Å². The maximum atomic E-state index is 11.9. The Balaban J connectivity index is 1.81. The summed E-state index contributed by atoms with van der Waals surface area (Å²) in [6.45, 7) is 0.601. The van der Waals surface area contributed by atoms with Gasteiger partial charge in [-0.15, -0.1) is 11.3 Å². The zero-order chi connectivity index (χ0) is 14.4. The molecule has 1 heterocycles. The van der Waals surface area contributed by atoms with Crippen molar-refractivity contribution in [1.29, 1.82) is 0 Å². The Labute approximate surface area is 127 Å². The molecule has 2 aromatic rings. The summed E-state index contributed by atoms with van der Waals surface area (Å²) in [5.41, 5.74) is 0.534. The van der Waals surface area contributed by atoms with Crippen LogP contribution in [0.3, 0.4) is 0 Å². The highest BCUT2D eigenvalue weighted by atomic mass is 35.5. The Hall–Kier alpha value is -1.36. The van der Waals surface area contributed by atoms with E-state index in [0.29, 0.717) is 22.9 Å². The van der Waals surface area contributed by atoms with Gasteiger partial charge in [0, 0.05) is 16.9 Å². The van der Waals surface area contributed by atoms with E-state index in [-0.39, 0.29) is 12.4 Å². The predicted molar refractivity (Wildman–Crippen MR) is 81.2 cm³/mol. The zero-order valence-corrected chi connectivity index (χ0v) is 12.7. The van der Waals surface area contributed by atoms with Gasteiger partial charge in [-0.05, 0) is 29.6 Å². The number of hydrogen-bond donors (Lipinski definition) is 0. The largest absolute Gasteiger partial charge is 0.495 e. The van der Waals surface area contributed by atoms with Gasteiger partial charge >= 0.3 is 0 Å². The molecule has 0 saturated heterocycles. The van der Waals surface area contributed by atoms with Crippen molar-refractivity contribution in [2.75, 3.05) is 20.3 Å². The molecule has 0 N–H and O–H groups in total. The fourth-order valence-electron chi connectivity index (χ4n) is 1.72. The number of ether oxygens (including phenoxy) is 2. The molecular formula is C15H15ClO3S. The van der Waals surface area contributed by atoms with Crippen molar-refractivity contribution in [3.05, 3.63) is 51.2 Å². The van der Waals surface area contributed by atoms with E-state index in [1.54, 1.807) is 29.5 Å². The molecule has 2 rings (SSSR count). The lowest BCUT2D eigenvalue weighted by Crippen LogP contribution is -2.10. The van der Waals surface area contributed by atoms with Crippen molar-refractivity contribution >= 4 is 28.7 Å². The monoisotopic (exact) mass is 310 g/mol. The van der Waals surface area contributed by atoms with Crippen LogP contribution in [0, 0.1) is 0 Å². The van der Waals surface area contributed by atoms with E-state index in [2.05, 4.69) is 6.07 Å². The van der Waals surface area contributed by atoms with E-state index in [1.807, 2.05) is 11.4 Å². The van der Waals surface area contributed by atoms with Crippen LogP contribution < -0.4 is 4.74 Å². The summed E-state index contributed by atoms with van der Waals surface area (Å²) in [4.78, 5) is 13.2. The Bertz CT molecular complexity index is 567. The number of carbonyl (C=O) groups excluding carboxylic acids is 1. The van der Waals surface area contributed by atoms with E-state index in [9.17, 15) is 4.79 Å². The summed E-state index contributed by atoms with van der Waals surface area (Å²) in [7, 11) is 1.54. The number of Topliss-reactive ketones (excluding diaryl/α,β-unsaturated/α-hetero) is 1.